The number of carbonyl (C=O) groups is 1. The molecule has 3 heterocycles. The van der Waals surface area contributed by atoms with Crippen molar-refractivity contribution < 1.29 is 28.5 Å². The summed E-state index contributed by atoms with van der Waals surface area (Å²) in [6.07, 6.45) is 0.0561. The number of alkyl halides is 3. The summed E-state index contributed by atoms with van der Waals surface area (Å²) in [6.45, 7) is 9.44. The zero-order valence-electron chi connectivity index (χ0n) is 15.8. The highest BCUT2D eigenvalue weighted by Crippen LogP contribution is 2.43. The Labute approximate surface area is 173 Å². The van der Waals surface area contributed by atoms with Crippen molar-refractivity contribution in [2.45, 2.75) is 80.6 Å². The Hall–Kier alpha value is -0.120. The van der Waals surface area contributed by atoms with Gasteiger partial charge < -0.3 is 29.0 Å². The number of nitrogens with one attached hydrogen (secondary N) is 1. The number of fused-ring (bicyclic) bond motifs is 1. The summed E-state index contributed by atoms with van der Waals surface area (Å²) in [6, 6.07) is -0.435. The number of rotatable bonds is 3. The van der Waals surface area contributed by atoms with Crippen molar-refractivity contribution in [2.24, 2.45) is 0 Å². The van der Waals surface area contributed by atoms with Crippen molar-refractivity contribution in [3.63, 3.8) is 0 Å². The Kier molecular flexibility index (Phi) is 5.83. The van der Waals surface area contributed by atoms with Crippen molar-refractivity contribution in [3.8, 4) is 0 Å². The second kappa shape index (κ2) is 7.29. The van der Waals surface area contributed by atoms with Crippen molar-refractivity contribution in [1.29, 1.82) is 0 Å². The molecule has 10 heteroatoms. The van der Waals surface area contributed by atoms with Crippen LogP contribution in [0.5, 0.6) is 0 Å². The fourth-order valence-electron chi connectivity index (χ4n) is 3.42. The highest BCUT2D eigenvalue weighted by Gasteiger charge is 2.55. The molecule has 3 aliphatic heterocycles. The average Bonchev–Trinajstić information content (AvgIpc) is 3.09. The number of ether oxygens (including phenoxy) is 5. The molecule has 0 spiro atoms. The number of hydrogen-bond acceptors (Lipinski definition) is 6. The zero-order valence-corrected chi connectivity index (χ0v) is 18.0. The van der Waals surface area contributed by atoms with E-state index >= 15 is 0 Å². The van der Waals surface area contributed by atoms with Crippen molar-refractivity contribution in [2.75, 3.05) is 6.61 Å². The molecule has 0 unspecified atom stereocenters. The van der Waals surface area contributed by atoms with E-state index in [0.29, 0.717) is 6.61 Å². The van der Waals surface area contributed by atoms with Gasteiger partial charge in [0.1, 0.15) is 18.3 Å². The van der Waals surface area contributed by atoms with E-state index in [1.807, 2.05) is 33.8 Å². The molecule has 3 saturated heterocycles. The SMILES string of the molecule is C[C@H](/C=C1\[C@H]2OC(C)(C)O[C@H]2O[C@@H]1[C@H]1COC(C)(C)O1)NC(=O)C(Cl)(Cl)Cl. The third kappa shape index (κ3) is 4.90. The van der Waals surface area contributed by atoms with Crippen molar-refractivity contribution in [1.82, 2.24) is 5.32 Å². The van der Waals surface area contributed by atoms with Gasteiger partial charge in [-0.2, -0.15) is 0 Å². The summed E-state index contributed by atoms with van der Waals surface area (Å²) in [5.74, 6) is -2.20. The van der Waals surface area contributed by atoms with Gasteiger partial charge >= 0.3 is 0 Å². The van der Waals surface area contributed by atoms with Gasteiger partial charge in [0.25, 0.3) is 9.70 Å². The molecule has 0 aromatic carbocycles. The first-order chi connectivity index (χ1) is 12.3. The first kappa shape index (κ1) is 21.6. The molecule has 5 atom stereocenters. The van der Waals surface area contributed by atoms with Crippen LogP contribution in [0, 0.1) is 0 Å². The minimum Gasteiger partial charge on any atom is -0.348 e. The zero-order chi connectivity index (χ0) is 20.2. The number of amides is 1. The monoisotopic (exact) mass is 443 g/mol. The third-order valence-electron chi connectivity index (χ3n) is 4.42. The van der Waals surface area contributed by atoms with Crippen LogP contribution in [0.4, 0.5) is 0 Å². The van der Waals surface area contributed by atoms with Crippen LogP contribution >= 0.6 is 34.8 Å². The minimum atomic E-state index is -2.04. The van der Waals surface area contributed by atoms with E-state index in [-0.39, 0.29) is 6.10 Å². The Morgan fingerprint density at radius 3 is 2.37 bits per heavy atom. The fourth-order valence-corrected chi connectivity index (χ4v) is 3.58. The lowest BCUT2D eigenvalue weighted by Gasteiger charge is -2.26. The maximum atomic E-state index is 11.9. The lowest BCUT2D eigenvalue weighted by molar-refractivity contribution is -0.215. The van der Waals surface area contributed by atoms with Crippen LogP contribution < -0.4 is 5.32 Å². The Morgan fingerprint density at radius 1 is 1.15 bits per heavy atom. The highest BCUT2D eigenvalue weighted by atomic mass is 35.6. The molecule has 7 nitrogen and oxygen atoms in total. The lowest BCUT2D eigenvalue weighted by Crippen LogP contribution is -2.40. The summed E-state index contributed by atoms with van der Waals surface area (Å²) in [5.41, 5.74) is 0.800. The fraction of sp³-hybridized carbons (Fsp3) is 0.824. The molecule has 0 aromatic rings. The molecule has 3 fully saturated rings. The second-order valence-corrected chi connectivity index (χ2v) is 10.1. The maximum Gasteiger partial charge on any atom is 0.272 e. The maximum absolute atomic E-state index is 11.9. The first-order valence-electron chi connectivity index (χ1n) is 8.70. The van der Waals surface area contributed by atoms with Gasteiger partial charge in [-0.1, -0.05) is 40.9 Å². The number of hydrogen-bond donors (Lipinski definition) is 1. The molecule has 3 aliphatic rings. The van der Waals surface area contributed by atoms with Crippen LogP contribution in [0.25, 0.3) is 0 Å². The summed E-state index contributed by atoms with van der Waals surface area (Å²) in [4.78, 5) is 11.9. The molecule has 1 N–H and O–H groups in total. The molecule has 0 aromatic heterocycles. The summed E-state index contributed by atoms with van der Waals surface area (Å²) in [5, 5.41) is 2.64. The van der Waals surface area contributed by atoms with Crippen molar-refractivity contribution in [3.05, 3.63) is 11.6 Å². The minimum absolute atomic E-state index is 0.330. The standard InChI is InChI=1S/C17H24Cl3NO6/c1-8(21-14(22)17(18,19)20)6-9-11(10-7-23-15(2,3)25-10)24-13-12(9)26-16(4,5)27-13/h6,8,10-13H,7H2,1-5H3,(H,21,22)/b9-6-/t8-,10-,11+,12-,13-/m1/s1. The molecule has 154 valence electrons. The summed E-state index contributed by atoms with van der Waals surface area (Å²) >= 11 is 16.9. The largest absolute Gasteiger partial charge is 0.348 e. The van der Waals surface area contributed by atoms with Gasteiger partial charge in [0.15, 0.2) is 17.9 Å². The van der Waals surface area contributed by atoms with Gasteiger partial charge in [-0.15, -0.1) is 0 Å². The third-order valence-corrected chi connectivity index (χ3v) is 4.94. The van der Waals surface area contributed by atoms with Gasteiger partial charge in [-0.25, -0.2) is 0 Å². The molecule has 0 bridgehead atoms. The van der Waals surface area contributed by atoms with E-state index in [4.69, 9.17) is 58.5 Å². The summed E-state index contributed by atoms with van der Waals surface area (Å²) in [7, 11) is 0. The lowest BCUT2D eigenvalue weighted by atomic mass is 9.99. The van der Waals surface area contributed by atoms with Crippen LogP contribution in [-0.4, -0.2) is 58.5 Å². The smallest absolute Gasteiger partial charge is 0.272 e. The van der Waals surface area contributed by atoms with E-state index in [0.717, 1.165) is 5.57 Å². The van der Waals surface area contributed by atoms with Crippen LogP contribution in [0.2, 0.25) is 0 Å². The van der Waals surface area contributed by atoms with Gasteiger partial charge in [0.2, 0.25) is 0 Å². The topological polar surface area (TPSA) is 75.2 Å². The second-order valence-electron chi connectivity index (χ2n) is 7.77. The van der Waals surface area contributed by atoms with Gasteiger partial charge in [-0.05, 0) is 40.2 Å². The van der Waals surface area contributed by atoms with Crippen molar-refractivity contribution >= 4 is 40.7 Å². The first-order valence-corrected chi connectivity index (χ1v) is 9.83. The molecular weight excluding hydrogens is 421 g/mol. The summed E-state index contributed by atoms with van der Waals surface area (Å²) < 4.78 is 27.5. The number of carbonyl (C=O) groups excluding carboxylic acids is 1. The van der Waals surface area contributed by atoms with E-state index in [2.05, 4.69) is 5.32 Å². The van der Waals surface area contributed by atoms with Crippen LogP contribution in [-0.2, 0) is 28.5 Å². The van der Waals surface area contributed by atoms with Gasteiger partial charge in [0.05, 0.1) is 6.61 Å². The predicted octanol–water partition coefficient (Wildman–Crippen LogP) is 2.82. The van der Waals surface area contributed by atoms with Gasteiger partial charge in [-0.3, -0.25) is 4.79 Å². The highest BCUT2D eigenvalue weighted by molar-refractivity contribution is 6.76. The Balaban J connectivity index is 1.81. The molecule has 0 radical (unpaired) electrons. The molecule has 0 saturated carbocycles. The normalized spacial score (nSPS) is 37.4. The molecular formula is C17H24Cl3NO6. The molecule has 0 aliphatic carbocycles. The number of halogens is 3. The van der Waals surface area contributed by atoms with E-state index in [1.54, 1.807) is 6.92 Å². The van der Waals surface area contributed by atoms with Crippen LogP contribution in [0.1, 0.15) is 34.6 Å². The van der Waals surface area contributed by atoms with Crippen LogP contribution in [0.3, 0.4) is 0 Å². The predicted molar refractivity (Wildman–Crippen MR) is 99.6 cm³/mol. The Morgan fingerprint density at radius 2 is 1.81 bits per heavy atom. The quantitative estimate of drug-likeness (QED) is 0.533. The van der Waals surface area contributed by atoms with E-state index in [1.165, 1.54) is 0 Å². The average molecular weight is 445 g/mol. The van der Waals surface area contributed by atoms with E-state index < -0.39 is 45.8 Å². The molecule has 3 rings (SSSR count). The Bertz CT molecular complexity index is 633. The molecule has 1 amide bonds. The van der Waals surface area contributed by atoms with Crippen LogP contribution in [0.15, 0.2) is 11.6 Å². The van der Waals surface area contributed by atoms with E-state index in [9.17, 15) is 4.79 Å². The van der Waals surface area contributed by atoms with Gasteiger partial charge in [0, 0.05) is 6.04 Å². The molecule has 27 heavy (non-hydrogen) atoms.